The number of carbonyl (C=O) groups excluding carboxylic acids is 1. The van der Waals surface area contributed by atoms with Gasteiger partial charge in [-0.1, -0.05) is 44.5 Å². The summed E-state index contributed by atoms with van der Waals surface area (Å²) in [5.74, 6) is 0. The Morgan fingerprint density at radius 1 is 1.08 bits per heavy atom. The summed E-state index contributed by atoms with van der Waals surface area (Å²) in [6.45, 7) is 8.71. The van der Waals surface area contributed by atoms with Gasteiger partial charge in [0.2, 0.25) is 0 Å². The molecule has 0 unspecified atom stereocenters. The molecule has 140 valence electrons. The number of hydrogen-bond acceptors (Lipinski definition) is 3. The van der Waals surface area contributed by atoms with Crippen molar-refractivity contribution < 1.29 is 9.90 Å². The number of piperidine rings is 1. The highest BCUT2D eigenvalue weighted by Gasteiger charge is 2.17. The zero-order chi connectivity index (χ0) is 18.1. The van der Waals surface area contributed by atoms with Gasteiger partial charge in [0.05, 0.1) is 0 Å². The van der Waals surface area contributed by atoms with Gasteiger partial charge in [-0.2, -0.15) is 0 Å². The molecule has 0 atom stereocenters. The molecule has 1 aromatic carbocycles. The fourth-order valence-electron chi connectivity index (χ4n) is 3.09. The maximum Gasteiger partial charge on any atom is 0.315 e. The molecule has 3 N–H and O–H groups in total. The Balaban J connectivity index is 1.70. The van der Waals surface area contributed by atoms with Crippen LogP contribution in [0.25, 0.3) is 0 Å². The van der Waals surface area contributed by atoms with Gasteiger partial charge in [-0.25, -0.2) is 4.79 Å². The highest BCUT2D eigenvalue weighted by atomic mass is 16.3. The van der Waals surface area contributed by atoms with E-state index in [1.54, 1.807) is 0 Å². The SMILES string of the molecule is CC(C)(CCO)CNC(=O)NCc1ccc(CN2CCCCC2)cc1. The van der Waals surface area contributed by atoms with E-state index in [0.717, 1.165) is 12.1 Å². The number of benzene rings is 1. The number of hydrogen-bond donors (Lipinski definition) is 3. The number of rotatable bonds is 8. The summed E-state index contributed by atoms with van der Waals surface area (Å²) in [5, 5.41) is 14.8. The molecule has 2 amide bonds. The summed E-state index contributed by atoms with van der Waals surface area (Å²) in [4.78, 5) is 14.4. The third kappa shape index (κ3) is 7.45. The molecule has 0 radical (unpaired) electrons. The Bertz CT molecular complexity index is 522. The zero-order valence-corrected chi connectivity index (χ0v) is 15.7. The summed E-state index contributed by atoms with van der Waals surface area (Å²) < 4.78 is 0. The van der Waals surface area contributed by atoms with Gasteiger partial charge in [0, 0.05) is 26.2 Å². The van der Waals surface area contributed by atoms with Crippen LogP contribution < -0.4 is 10.6 Å². The molecule has 1 fully saturated rings. The summed E-state index contributed by atoms with van der Waals surface area (Å²) in [6.07, 6.45) is 4.66. The lowest BCUT2D eigenvalue weighted by Gasteiger charge is -2.26. The Kier molecular flexibility index (Phi) is 7.72. The van der Waals surface area contributed by atoms with Crippen molar-refractivity contribution in [1.29, 1.82) is 0 Å². The van der Waals surface area contributed by atoms with Crippen LogP contribution in [0.2, 0.25) is 0 Å². The van der Waals surface area contributed by atoms with Crippen molar-refractivity contribution in [3.63, 3.8) is 0 Å². The number of nitrogens with one attached hydrogen (secondary N) is 2. The molecule has 0 saturated carbocycles. The average molecular weight is 348 g/mol. The summed E-state index contributed by atoms with van der Waals surface area (Å²) in [6, 6.07) is 8.34. The topological polar surface area (TPSA) is 64.6 Å². The number of aliphatic hydroxyl groups excluding tert-OH is 1. The maximum atomic E-state index is 11.9. The van der Waals surface area contributed by atoms with Crippen molar-refractivity contribution in [1.82, 2.24) is 15.5 Å². The maximum absolute atomic E-state index is 11.9. The number of carbonyl (C=O) groups is 1. The molecule has 0 spiro atoms. The van der Waals surface area contributed by atoms with Crippen LogP contribution in [0.15, 0.2) is 24.3 Å². The smallest absolute Gasteiger partial charge is 0.315 e. The first-order chi connectivity index (χ1) is 12.0. The lowest BCUT2D eigenvalue weighted by molar-refractivity contribution is 0.201. The highest BCUT2D eigenvalue weighted by Crippen LogP contribution is 2.17. The van der Waals surface area contributed by atoms with E-state index in [4.69, 9.17) is 5.11 Å². The van der Waals surface area contributed by atoms with Crippen LogP contribution in [0.5, 0.6) is 0 Å². The van der Waals surface area contributed by atoms with Gasteiger partial charge in [-0.3, -0.25) is 4.90 Å². The van der Waals surface area contributed by atoms with Gasteiger partial charge in [0.15, 0.2) is 0 Å². The van der Waals surface area contributed by atoms with Crippen LogP contribution in [0.1, 0.15) is 50.7 Å². The van der Waals surface area contributed by atoms with Crippen molar-refractivity contribution >= 4 is 6.03 Å². The van der Waals surface area contributed by atoms with Gasteiger partial charge in [0.1, 0.15) is 0 Å². The van der Waals surface area contributed by atoms with Crippen molar-refractivity contribution in [2.45, 2.75) is 52.6 Å². The minimum atomic E-state index is -0.164. The van der Waals surface area contributed by atoms with Gasteiger partial charge < -0.3 is 15.7 Å². The molecule has 1 aliphatic rings. The summed E-state index contributed by atoms with van der Waals surface area (Å²) >= 11 is 0. The molecule has 2 rings (SSSR count). The zero-order valence-electron chi connectivity index (χ0n) is 15.7. The van der Waals surface area contributed by atoms with Gasteiger partial charge in [-0.15, -0.1) is 0 Å². The monoisotopic (exact) mass is 347 g/mol. The minimum absolute atomic E-state index is 0.0950. The molecule has 1 saturated heterocycles. The molecule has 1 aliphatic heterocycles. The lowest BCUT2D eigenvalue weighted by atomic mass is 9.90. The molecule has 5 nitrogen and oxygen atoms in total. The molecular formula is C20H33N3O2. The molecule has 1 aromatic rings. The highest BCUT2D eigenvalue weighted by molar-refractivity contribution is 5.73. The van der Waals surface area contributed by atoms with Gasteiger partial charge in [-0.05, 0) is 48.9 Å². The van der Waals surface area contributed by atoms with Crippen LogP contribution in [0, 0.1) is 5.41 Å². The van der Waals surface area contributed by atoms with Crippen LogP contribution in [0.4, 0.5) is 4.79 Å². The molecule has 1 heterocycles. The Morgan fingerprint density at radius 3 is 2.36 bits per heavy atom. The van der Waals surface area contributed by atoms with Gasteiger partial charge in [0.25, 0.3) is 0 Å². The summed E-state index contributed by atoms with van der Waals surface area (Å²) in [5.41, 5.74) is 2.34. The molecule has 0 aliphatic carbocycles. The molecule has 5 heteroatoms. The predicted molar refractivity (Wildman–Crippen MR) is 101 cm³/mol. The first kappa shape index (κ1) is 19.7. The first-order valence-electron chi connectivity index (χ1n) is 9.41. The number of urea groups is 1. The standard InChI is InChI=1S/C20H33N3O2/c1-20(2,10-13-24)16-22-19(25)21-14-17-6-8-18(9-7-17)15-23-11-4-3-5-12-23/h6-9,24H,3-5,10-16H2,1-2H3,(H2,21,22,25). The fraction of sp³-hybridized carbons (Fsp3) is 0.650. The normalized spacial score (nSPS) is 15.8. The lowest BCUT2D eigenvalue weighted by Crippen LogP contribution is -2.40. The van der Waals surface area contributed by atoms with Crippen molar-refractivity contribution in [2.24, 2.45) is 5.41 Å². The largest absolute Gasteiger partial charge is 0.396 e. The van der Waals surface area contributed by atoms with Gasteiger partial charge >= 0.3 is 6.03 Å². The number of aliphatic hydroxyl groups is 1. The van der Waals surface area contributed by atoms with E-state index in [9.17, 15) is 4.79 Å². The van der Waals surface area contributed by atoms with Crippen molar-refractivity contribution in [3.05, 3.63) is 35.4 Å². The second kappa shape index (κ2) is 9.78. The van der Waals surface area contributed by atoms with E-state index in [1.165, 1.54) is 37.9 Å². The van der Waals surface area contributed by atoms with Crippen LogP contribution in [-0.4, -0.2) is 42.3 Å². The van der Waals surface area contributed by atoms with E-state index in [-0.39, 0.29) is 18.1 Å². The Morgan fingerprint density at radius 2 is 1.72 bits per heavy atom. The molecule has 0 aromatic heterocycles. The minimum Gasteiger partial charge on any atom is -0.396 e. The number of likely N-dealkylation sites (tertiary alicyclic amines) is 1. The van der Waals surface area contributed by atoms with Crippen molar-refractivity contribution in [3.8, 4) is 0 Å². The Hall–Kier alpha value is -1.59. The number of amides is 2. The third-order valence-electron chi connectivity index (χ3n) is 4.85. The average Bonchev–Trinajstić information content (AvgIpc) is 2.60. The fourth-order valence-corrected chi connectivity index (χ4v) is 3.09. The predicted octanol–water partition coefficient (Wildman–Crippen LogP) is 2.88. The first-order valence-corrected chi connectivity index (χ1v) is 9.41. The quantitative estimate of drug-likeness (QED) is 0.677. The van der Waals surface area contributed by atoms with Crippen LogP contribution >= 0.6 is 0 Å². The second-order valence-electron chi connectivity index (χ2n) is 7.83. The third-order valence-corrected chi connectivity index (χ3v) is 4.85. The number of nitrogens with zero attached hydrogens (tertiary/aromatic N) is 1. The molecular weight excluding hydrogens is 314 g/mol. The summed E-state index contributed by atoms with van der Waals surface area (Å²) in [7, 11) is 0. The van der Waals surface area contributed by atoms with E-state index >= 15 is 0 Å². The molecule has 25 heavy (non-hydrogen) atoms. The molecule has 0 bridgehead atoms. The van der Waals surface area contributed by atoms with E-state index in [2.05, 4.69) is 39.8 Å². The van der Waals surface area contributed by atoms with E-state index in [1.807, 2.05) is 13.8 Å². The second-order valence-corrected chi connectivity index (χ2v) is 7.83. The van der Waals surface area contributed by atoms with E-state index < -0.39 is 0 Å². The van der Waals surface area contributed by atoms with E-state index in [0.29, 0.717) is 19.5 Å². The van der Waals surface area contributed by atoms with Crippen LogP contribution in [0.3, 0.4) is 0 Å². The Labute approximate surface area is 151 Å². The van der Waals surface area contributed by atoms with Crippen molar-refractivity contribution in [2.75, 3.05) is 26.2 Å². The van der Waals surface area contributed by atoms with Crippen LogP contribution in [-0.2, 0) is 13.1 Å².